The number of amides is 1. The predicted molar refractivity (Wildman–Crippen MR) is 120 cm³/mol. The summed E-state index contributed by atoms with van der Waals surface area (Å²) in [6.45, 7) is 0.705. The van der Waals surface area contributed by atoms with Gasteiger partial charge in [-0.05, 0) is 48.7 Å². The van der Waals surface area contributed by atoms with Crippen molar-refractivity contribution in [2.45, 2.75) is 30.8 Å². The number of carbonyl (C=O) groups is 1. The third-order valence-corrected chi connectivity index (χ3v) is 7.16. The van der Waals surface area contributed by atoms with Crippen LogP contribution in [0.25, 0.3) is 10.9 Å². The van der Waals surface area contributed by atoms with Crippen molar-refractivity contribution in [1.82, 2.24) is 18.8 Å². The molecule has 33 heavy (non-hydrogen) atoms. The van der Waals surface area contributed by atoms with Crippen LogP contribution in [0.5, 0.6) is 0 Å². The van der Waals surface area contributed by atoms with Crippen LogP contribution in [0.4, 0.5) is 4.39 Å². The minimum Gasteiger partial charge on any atom is -0.341 e. The summed E-state index contributed by atoms with van der Waals surface area (Å²) in [6, 6.07) is 9.26. The van der Waals surface area contributed by atoms with Crippen molar-refractivity contribution in [3.8, 4) is 0 Å². The van der Waals surface area contributed by atoms with E-state index in [0.717, 1.165) is 17.4 Å². The van der Waals surface area contributed by atoms with Crippen molar-refractivity contribution < 1.29 is 17.6 Å². The van der Waals surface area contributed by atoms with Crippen LogP contribution in [-0.4, -0.2) is 41.4 Å². The number of carbonyl (C=O) groups excluding carboxylic acids is 1. The van der Waals surface area contributed by atoms with Crippen molar-refractivity contribution in [2.75, 3.05) is 13.1 Å². The van der Waals surface area contributed by atoms with Gasteiger partial charge in [0, 0.05) is 26.7 Å². The Morgan fingerprint density at radius 2 is 1.73 bits per heavy atom. The van der Waals surface area contributed by atoms with Gasteiger partial charge in [0.25, 0.3) is 5.56 Å². The second-order valence-corrected chi connectivity index (χ2v) is 9.72. The molecule has 174 valence electrons. The molecule has 1 saturated heterocycles. The number of hydrogen-bond acceptors (Lipinski definition) is 5. The lowest BCUT2D eigenvalue weighted by Gasteiger charge is -2.17. The number of aryl methyl sites for hydroxylation is 1. The minimum absolute atomic E-state index is 0.0102. The van der Waals surface area contributed by atoms with E-state index < -0.39 is 33.6 Å². The average molecular weight is 475 g/mol. The summed E-state index contributed by atoms with van der Waals surface area (Å²) in [5, 5.41) is 0.0102. The van der Waals surface area contributed by atoms with Gasteiger partial charge in [-0.2, -0.15) is 0 Å². The Balaban J connectivity index is 1.68. The van der Waals surface area contributed by atoms with Crippen molar-refractivity contribution in [3.63, 3.8) is 0 Å². The van der Waals surface area contributed by atoms with E-state index in [1.807, 2.05) is 0 Å². The predicted octanol–water partition coefficient (Wildman–Crippen LogP) is 0.940. The first-order valence-electron chi connectivity index (χ1n) is 10.4. The van der Waals surface area contributed by atoms with E-state index in [-0.39, 0.29) is 28.3 Å². The largest absolute Gasteiger partial charge is 0.341 e. The molecule has 2 aromatic carbocycles. The molecule has 0 unspecified atom stereocenters. The van der Waals surface area contributed by atoms with Crippen molar-refractivity contribution in [2.24, 2.45) is 7.05 Å². The van der Waals surface area contributed by atoms with Gasteiger partial charge in [0.05, 0.1) is 15.8 Å². The van der Waals surface area contributed by atoms with Gasteiger partial charge in [0.2, 0.25) is 15.9 Å². The SMILES string of the molecule is Cn1c(=O)n(CC(=O)N2CCCC2)c(=O)c2cc(S(=O)(=O)NCc3ccc(F)cc3)ccc21. The van der Waals surface area contributed by atoms with E-state index in [9.17, 15) is 27.2 Å². The lowest BCUT2D eigenvalue weighted by molar-refractivity contribution is -0.130. The van der Waals surface area contributed by atoms with Crippen molar-refractivity contribution >= 4 is 26.8 Å². The van der Waals surface area contributed by atoms with Crippen LogP contribution < -0.4 is 16.0 Å². The van der Waals surface area contributed by atoms with Crippen LogP contribution in [0.15, 0.2) is 56.9 Å². The lowest BCUT2D eigenvalue weighted by atomic mass is 10.2. The first-order valence-corrected chi connectivity index (χ1v) is 11.9. The zero-order chi connectivity index (χ0) is 23.8. The van der Waals surface area contributed by atoms with E-state index in [0.29, 0.717) is 18.7 Å². The zero-order valence-electron chi connectivity index (χ0n) is 18.0. The van der Waals surface area contributed by atoms with Gasteiger partial charge in [-0.25, -0.2) is 22.3 Å². The minimum atomic E-state index is -4.00. The summed E-state index contributed by atoms with van der Waals surface area (Å²) in [6.07, 6.45) is 1.75. The number of likely N-dealkylation sites (tertiary alicyclic amines) is 1. The molecule has 1 fully saturated rings. The molecular formula is C22H23FN4O5S. The van der Waals surface area contributed by atoms with Crippen molar-refractivity contribution in [3.05, 3.63) is 74.7 Å². The molecule has 0 radical (unpaired) electrons. The topological polar surface area (TPSA) is 110 Å². The van der Waals surface area contributed by atoms with E-state index >= 15 is 0 Å². The fraction of sp³-hybridized carbons (Fsp3) is 0.318. The van der Waals surface area contributed by atoms with E-state index in [1.54, 1.807) is 4.90 Å². The summed E-state index contributed by atoms with van der Waals surface area (Å²) < 4.78 is 43.1. The summed E-state index contributed by atoms with van der Waals surface area (Å²) >= 11 is 0. The molecule has 1 aliphatic rings. The van der Waals surface area contributed by atoms with Gasteiger partial charge >= 0.3 is 5.69 Å². The first kappa shape index (κ1) is 22.9. The Morgan fingerprint density at radius 3 is 2.39 bits per heavy atom. The summed E-state index contributed by atoms with van der Waals surface area (Å²) in [7, 11) is -2.54. The molecule has 1 N–H and O–H groups in total. The first-order chi connectivity index (χ1) is 15.7. The molecule has 0 bridgehead atoms. The quantitative estimate of drug-likeness (QED) is 0.572. The summed E-state index contributed by atoms with van der Waals surface area (Å²) in [5.41, 5.74) is -0.556. The molecule has 11 heteroatoms. The molecule has 4 rings (SSSR count). The maximum absolute atomic E-state index is 13.1. The molecular weight excluding hydrogens is 451 g/mol. The number of rotatable bonds is 6. The second kappa shape index (κ2) is 8.91. The number of halogens is 1. The molecule has 1 amide bonds. The Labute approximate surface area is 189 Å². The highest BCUT2D eigenvalue weighted by Gasteiger charge is 2.22. The number of fused-ring (bicyclic) bond motifs is 1. The number of aromatic nitrogens is 2. The molecule has 2 heterocycles. The summed E-state index contributed by atoms with van der Waals surface area (Å²) in [4.78, 5) is 39.8. The van der Waals surface area contributed by atoms with Gasteiger partial charge < -0.3 is 4.90 Å². The Morgan fingerprint density at radius 1 is 1.06 bits per heavy atom. The van der Waals surface area contributed by atoms with Crippen LogP contribution in [0.2, 0.25) is 0 Å². The third kappa shape index (κ3) is 4.60. The van der Waals surface area contributed by atoms with Gasteiger partial charge in [0.1, 0.15) is 12.4 Å². The van der Waals surface area contributed by atoms with Crippen LogP contribution in [0, 0.1) is 5.82 Å². The molecule has 1 aromatic heterocycles. The number of benzene rings is 2. The molecule has 0 saturated carbocycles. The number of hydrogen-bond donors (Lipinski definition) is 1. The Kier molecular flexibility index (Phi) is 6.17. The van der Waals surface area contributed by atoms with Crippen LogP contribution >= 0.6 is 0 Å². The fourth-order valence-corrected chi connectivity index (χ4v) is 4.91. The van der Waals surface area contributed by atoms with E-state index in [2.05, 4.69) is 4.72 Å². The molecule has 3 aromatic rings. The third-order valence-electron chi connectivity index (χ3n) is 5.76. The highest BCUT2D eigenvalue weighted by molar-refractivity contribution is 7.89. The van der Waals surface area contributed by atoms with E-state index in [4.69, 9.17) is 0 Å². The number of sulfonamides is 1. The maximum atomic E-state index is 13.1. The zero-order valence-corrected chi connectivity index (χ0v) is 18.8. The Hall–Kier alpha value is -3.31. The molecule has 1 aliphatic heterocycles. The number of nitrogens with one attached hydrogen (secondary N) is 1. The molecule has 0 spiro atoms. The molecule has 0 aliphatic carbocycles. The maximum Gasteiger partial charge on any atom is 0.331 e. The standard InChI is InChI=1S/C22H23FN4O5S/c1-25-19-9-8-17(33(31,32)24-13-15-4-6-16(23)7-5-15)12-18(19)21(29)27(22(25)30)14-20(28)26-10-2-3-11-26/h4-9,12,24H,2-3,10-11,13-14H2,1H3. The smallest absolute Gasteiger partial charge is 0.331 e. The summed E-state index contributed by atoms with van der Waals surface area (Å²) in [5.74, 6) is -0.753. The van der Waals surface area contributed by atoms with Gasteiger partial charge in [-0.15, -0.1) is 0 Å². The second-order valence-electron chi connectivity index (χ2n) is 7.95. The number of nitrogens with zero attached hydrogens (tertiary/aromatic N) is 3. The van der Waals surface area contributed by atoms with Crippen molar-refractivity contribution in [1.29, 1.82) is 0 Å². The fourth-order valence-electron chi connectivity index (χ4n) is 3.87. The van der Waals surface area contributed by atoms with Gasteiger partial charge in [0.15, 0.2) is 0 Å². The molecule has 9 nitrogen and oxygen atoms in total. The van der Waals surface area contributed by atoms with Gasteiger partial charge in [-0.1, -0.05) is 12.1 Å². The van der Waals surface area contributed by atoms with Crippen LogP contribution in [0.3, 0.4) is 0 Å². The average Bonchev–Trinajstić information content (AvgIpc) is 3.35. The molecule has 0 atom stereocenters. The normalized spacial score (nSPS) is 14.2. The van der Waals surface area contributed by atoms with E-state index in [1.165, 1.54) is 54.1 Å². The monoisotopic (exact) mass is 474 g/mol. The highest BCUT2D eigenvalue weighted by atomic mass is 32.2. The van der Waals surface area contributed by atoms with Crippen LogP contribution in [-0.2, 0) is 35.0 Å². The van der Waals surface area contributed by atoms with Crippen LogP contribution in [0.1, 0.15) is 18.4 Å². The Bertz CT molecular complexity index is 1440. The van der Waals surface area contributed by atoms with Gasteiger partial charge in [-0.3, -0.25) is 18.7 Å². The lowest BCUT2D eigenvalue weighted by Crippen LogP contribution is -2.43. The highest BCUT2D eigenvalue weighted by Crippen LogP contribution is 2.16.